The van der Waals surface area contributed by atoms with Gasteiger partial charge in [-0.25, -0.2) is 0 Å². The number of ether oxygens (including phenoxy) is 1. The molecule has 0 aromatic rings. The number of aliphatic hydroxyl groups is 4. The van der Waals surface area contributed by atoms with Crippen LogP contribution in [0, 0.1) is 5.92 Å². The van der Waals surface area contributed by atoms with E-state index in [-0.39, 0.29) is 19.0 Å². The molecule has 7 nitrogen and oxygen atoms in total. The lowest BCUT2D eigenvalue weighted by Gasteiger charge is -2.39. The molecule has 2 saturated heterocycles. The molecule has 110 valence electrons. The van der Waals surface area contributed by atoms with Gasteiger partial charge in [-0.05, 0) is 18.8 Å². The van der Waals surface area contributed by atoms with Gasteiger partial charge in [-0.1, -0.05) is 0 Å². The third-order valence-electron chi connectivity index (χ3n) is 3.88. The van der Waals surface area contributed by atoms with E-state index in [0.717, 1.165) is 0 Å². The van der Waals surface area contributed by atoms with Gasteiger partial charge in [0.1, 0.15) is 24.4 Å². The fraction of sp³-hybridized carbons (Fsp3) is 0.917. The average molecular weight is 275 g/mol. The van der Waals surface area contributed by atoms with Crippen LogP contribution in [0.5, 0.6) is 0 Å². The Morgan fingerprint density at radius 2 is 1.63 bits per heavy atom. The molecule has 19 heavy (non-hydrogen) atoms. The second kappa shape index (κ2) is 6.15. The summed E-state index contributed by atoms with van der Waals surface area (Å²) in [5.74, 6) is -0.653. The normalized spacial score (nSPS) is 35.2. The van der Waals surface area contributed by atoms with E-state index in [4.69, 9.17) is 4.74 Å². The number of likely N-dealkylation sites (tertiary alicyclic amines) is 1. The van der Waals surface area contributed by atoms with Crippen molar-refractivity contribution in [2.24, 2.45) is 5.92 Å². The highest BCUT2D eigenvalue weighted by Crippen LogP contribution is 2.22. The van der Waals surface area contributed by atoms with E-state index in [1.54, 1.807) is 0 Å². The number of carbonyl (C=O) groups is 1. The third-order valence-corrected chi connectivity index (χ3v) is 3.88. The van der Waals surface area contributed by atoms with E-state index in [1.807, 2.05) is 0 Å². The first-order valence-corrected chi connectivity index (χ1v) is 6.59. The van der Waals surface area contributed by atoms with E-state index in [9.17, 15) is 25.2 Å². The molecule has 0 spiro atoms. The second-order valence-electron chi connectivity index (χ2n) is 5.26. The molecular formula is C12H21NO6. The van der Waals surface area contributed by atoms with Gasteiger partial charge in [0.15, 0.2) is 0 Å². The zero-order chi connectivity index (χ0) is 14.0. The quantitative estimate of drug-likeness (QED) is 0.451. The Kier molecular flexibility index (Phi) is 4.75. The molecule has 0 radical (unpaired) electrons. The highest BCUT2D eigenvalue weighted by Gasteiger charge is 2.39. The van der Waals surface area contributed by atoms with Crippen molar-refractivity contribution in [3.63, 3.8) is 0 Å². The van der Waals surface area contributed by atoms with Crippen LogP contribution in [0.1, 0.15) is 12.8 Å². The Morgan fingerprint density at radius 3 is 2.16 bits per heavy atom. The van der Waals surface area contributed by atoms with Crippen molar-refractivity contribution in [1.82, 2.24) is 4.90 Å². The number of rotatable bonds is 2. The molecule has 2 aliphatic heterocycles. The monoisotopic (exact) mass is 275 g/mol. The molecule has 0 bridgehead atoms. The van der Waals surface area contributed by atoms with E-state index in [2.05, 4.69) is 0 Å². The summed E-state index contributed by atoms with van der Waals surface area (Å²) in [4.78, 5) is 13.3. The van der Waals surface area contributed by atoms with E-state index < -0.39 is 30.3 Å². The standard InChI is InChI=1S/C12H21NO6/c14-8-5-13(6-9(15)11(8)17)12(18)10(16)7-1-3-19-4-2-7/h7-11,14-17H,1-6H2/t8-,9+,10?,11?. The predicted octanol–water partition coefficient (Wildman–Crippen LogP) is -2.30. The number of carbonyl (C=O) groups excluding carboxylic acids is 1. The van der Waals surface area contributed by atoms with E-state index in [0.29, 0.717) is 26.1 Å². The van der Waals surface area contributed by atoms with Gasteiger partial charge in [0.2, 0.25) is 0 Å². The van der Waals surface area contributed by atoms with Gasteiger partial charge in [0.05, 0.1) is 0 Å². The lowest BCUT2D eigenvalue weighted by Crippen LogP contribution is -2.59. The summed E-state index contributed by atoms with van der Waals surface area (Å²) in [5.41, 5.74) is 0. The first-order valence-electron chi connectivity index (χ1n) is 6.59. The van der Waals surface area contributed by atoms with Crippen molar-refractivity contribution in [2.75, 3.05) is 26.3 Å². The first-order chi connectivity index (χ1) is 9.00. The molecule has 0 aromatic heterocycles. The van der Waals surface area contributed by atoms with Crippen LogP contribution in [-0.4, -0.2) is 82.0 Å². The maximum atomic E-state index is 12.1. The van der Waals surface area contributed by atoms with Gasteiger partial charge in [0, 0.05) is 26.3 Å². The van der Waals surface area contributed by atoms with Crippen LogP contribution in [0.2, 0.25) is 0 Å². The highest BCUT2D eigenvalue weighted by atomic mass is 16.5. The largest absolute Gasteiger partial charge is 0.388 e. The summed E-state index contributed by atoms with van der Waals surface area (Å²) in [6.07, 6.45) is -3.52. The predicted molar refractivity (Wildman–Crippen MR) is 64.2 cm³/mol. The van der Waals surface area contributed by atoms with Crippen LogP contribution in [0.4, 0.5) is 0 Å². The number of hydrogen-bond donors (Lipinski definition) is 4. The number of hydrogen-bond acceptors (Lipinski definition) is 6. The summed E-state index contributed by atoms with van der Waals surface area (Å²) in [6, 6.07) is 0. The Balaban J connectivity index is 1.95. The SMILES string of the molecule is O=C(C(O)C1CCOCC1)N1C[C@@H](O)C(O)[C@@H](O)C1. The number of aliphatic hydroxyl groups excluding tert-OH is 4. The Hall–Kier alpha value is -0.730. The van der Waals surface area contributed by atoms with Gasteiger partial charge < -0.3 is 30.1 Å². The smallest absolute Gasteiger partial charge is 0.251 e. The van der Waals surface area contributed by atoms with Crippen LogP contribution in [0.25, 0.3) is 0 Å². The molecule has 7 heteroatoms. The van der Waals surface area contributed by atoms with Crippen LogP contribution >= 0.6 is 0 Å². The maximum absolute atomic E-state index is 12.1. The van der Waals surface area contributed by atoms with Gasteiger partial charge in [0.25, 0.3) is 5.91 Å². The number of piperidine rings is 1. The minimum atomic E-state index is -1.25. The molecule has 2 rings (SSSR count). The lowest BCUT2D eigenvalue weighted by molar-refractivity contribution is -0.160. The Morgan fingerprint density at radius 1 is 1.11 bits per heavy atom. The number of β-amino-alcohol motifs (C(OH)–C–C–N with tert-alkyl or cyclic N) is 2. The highest BCUT2D eigenvalue weighted by molar-refractivity contribution is 5.81. The Labute approximate surface area is 111 Å². The molecule has 4 atom stereocenters. The lowest BCUT2D eigenvalue weighted by atomic mass is 9.92. The molecule has 1 amide bonds. The summed E-state index contributed by atoms with van der Waals surface area (Å²) < 4.78 is 5.17. The van der Waals surface area contributed by atoms with Crippen LogP contribution in [0.15, 0.2) is 0 Å². The fourth-order valence-corrected chi connectivity index (χ4v) is 2.60. The van der Waals surface area contributed by atoms with E-state index in [1.165, 1.54) is 4.90 Å². The zero-order valence-corrected chi connectivity index (χ0v) is 10.7. The molecule has 0 aliphatic carbocycles. The van der Waals surface area contributed by atoms with Crippen molar-refractivity contribution in [3.05, 3.63) is 0 Å². The molecule has 4 N–H and O–H groups in total. The minimum Gasteiger partial charge on any atom is -0.388 e. The minimum absolute atomic E-state index is 0.0721. The van der Waals surface area contributed by atoms with Crippen LogP contribution in [0.3, 0.4) is 0 Å². The summed E-state index contributed by atoms with van der Waals surface area (Å²) >= 11 is 0. The summed E-state index contributed by atoms with van der Waals surface area (Å²) in [7, 11) is 0. The van der Waals surface area contributed by atoms with Gasteiger partial charge >= 0.3 is 0 Å². The molecular weight excluding hydrogens is 254 g/mol. The number of nitrogens with zero attached hydrogens (tertiary/aromatic N) is 1. The van der Waals surface area contributed by atoms with Crippen LogP contribution in [-0.2, 0) is 9.53 Å². The van der Waals surface area contributed by atoms with Crippen molar-refractivity contribution in [1.29, 1.82) is 0 Å². The summed E-state index contributed by atoms with van der Waals surface area (Å²) in [5, 5.41) is 38.6. The zero-order valence-electron chi connectivity index (χ0n) is 10.7. The molecule has 0 saturated carbocycles. The molecule has 2 fully saturated rings. The Bertz CT molecular complexity index is 307. The van der Waals surface area contributed by atoms with Gasteiger partial charge in [-0.3, -0.25) is 4.79 Å². The molecule has 0 aromatic carbocycles. The van der Waals surface area contributed by atoms with Crippen molar-refractivity contribution in [3.8, 4) is 0 Å². The maximum Gasteiger partial charge on any atom is 0.251 e. The third kappa shape index (κ3) is 3.24. The second-order valence-corrected chi connectivity index (χ2v) is 5.26. The van der Waals surface area contributed by atoms with Gasteiger partial charge in [-0.15, -0.1) is 0 Å². The molecule has 2 aliphatic rings. The topological polar surface area (TPSA) is 110 Å². The van der Waals surface area contributed by atoms with Gasteiger partial charge in [-0.2, -0.15) is 0 Å². The molecule has 2 unspecified atom stereocenters. The van der Waals surface area contributed by atoms with E-state index >= 15 is 0 Å². The summed E-state index contributed by atoms with van der Waals surface area (Å²) in [6.45, 7) is 0.909. The first kappa shape index (κ1) is 14.7. The average Bonchev–Trinajstić information content (AvgIpc) is 2.43. The van der Waals surface area contributed by atoms with Crippen molar-refractivity contribution < 1.29 is 30.0 Å². The molecule has 2 heterocycles. The van der Waals surface area contributed by atoms with Crippen LogP contribution < -0.4 is 0 Å². The van der Waals surface area contributed by atoms with Crippen molar-refractivity contribution >= 4 is 5.91 Å². The number of amides is 1. The van der Waals surface area contributed by atoms with Crippen molar-refractivity contribution in [2.45, 2.75) is 37.3 Å². The fourth-order valence-electron chi connectivity index (χ4n) is 2.60.